The van der Waals surface area contributed by atoms with E-state index in [2.05, 4.69) is 22.5 Å². The summed E-state index contributed by atoms with van der Waals surface area (Å²) in [6.45, 7) is 4.56. The number of halogens is 4. The average molecular weight is 251 g/mol. The van der Waals surface area contributed by atoms with Gasteiger partial charge in [0, 0.05) is 11.1 Å². The molecule has 1 aromatic carbocycles. The molecule has 0 aliphatic carbocycles. The van der Waals surface area contributed by atoms with Crippen LogP contribution in [0.5, 0.6) is 0 Å². The van der Waals surface area contributed by atoms with E-state index in [-0.39, 0.29) is 10.0 Å². The van der Waals surface area contributed by atoms with Crippen molar-refractivity contribution < 1.29 is 13.2 Å². The van der Waals surface area contributed by atoms with Crippen molar-refractivity contribution in [1.29, 1.82) is 0 Å². The van der Waals surface area contributed by atoms with Crippen LogP contribution < -0.4 is 0 Å². The Labute approximate surface area is 82.2 Å². The van der Waals surface area contributed by atoms with Crippen LogP contribution in [0, 0.1) is 24.4 Å². The predicted molar refractivity (Wildman–Crippen MR) is 48.8 cm³/mol. The van der Waals surface area contributed by atoms with Crippen molar-refractivity contribution in [3.63, 3.8) is 0 Å². The number of hydrogen-bond donors (Lipinski definition) is 0. The van der Waals surface area contributed by atoms with Gasteiger partial charge in [0.25, 0.3) is 0 Å². The lowest BCUT2D eigenvalue weighted by molar-refractivity contribution is 0.484. The van der Waals surface area contributed by atoms with Crippen LogP contribution >= 0.6 is 15.9 Å². The van der Waals surface area contributed by atoms with Crippen molar-refractivity contribution in [3.8, 4) is 0 Å². The van der Waals surface area contributed by atoms with Gasteiger partial charge in [0.2, 0.25) is 0 Å². The summed E-state index contributed by atoms with van der Waals surface area (Å²) in [6.07, 6.45) is 0.952. The van der Waals surface area contributed by atoms with Crippen LogP contribution in [-0.2, 0) is 0 Å². The number of hydrogen-bond acceptors (Lipinski definition) is 0. The molecule has 0 aliphatic heterocycles. The monoisotopic (exact) mass is 250 g/mol. The van der Waals surface area contributed by atoms with Crippen LogP contribution in [-0.4, -0.2) is 0 Å². The Balaban J connectivity index is 3.66. The molecule has 0 aromatic heterocycles. The first-order valence-corrected chi connectivity index (χ1v) is 4.25. The van der Waals surface area contributed by atoms with Crippen LogP contribution in [0.4, 0.5) is 13.2 Å². The summed E-state index contributed by atoms with van der Waals surface area (Å²) in [5.41, 5.74) is -0.396. The first-order chi connectivity index (χ1) is 6.00. The van der Waals surface area contributed by atoms with E-state index in [1.54, 1.807) is 0 Å². The summed E-state index contributed by atoms with van der Waals surface area (Å²) in [7, 11) is 0. The summed E-state index contributed by atoms with van der Waals surface area (Å²) in [4.78, 5) is 0. The van der Waals surface area contributed by atoms with Gasteiger partial charge in [0.1, 0.15) is 5.82 Å². The van der Waals surface area contributed by atoms with E-state index in [0.717, 1.165) is 6.08 Å². The molecule has 0 radical (unpaired) electrons. The highest BCUT2D eigenvalue weighted by atomic mass is 79.9. The number of rotatable bonds is 1. The molecule has 0 N–H and O–H groups in total. The van der Waals surface area contributed by atoms with Crippen LogP contribution in [0.2, 0.25) is 0 Å². The molecule has 4 heteroatoms. The third kappa shape index (κ3) is 1.50. The molecular weight excluding hydrogens is 245 g/mol. The first kappa shape index (κ1) is 10.3. The molecular formula is C9H6BrF3. The predicted octanol–water partition coefficient (Wildman–Crippen LogP) is 3.82. The Morgan fingerprint density at radius 3 is 2.15 bits per heavy atom. The molecule has 0 heterocycles. The second kappa shape index (κ2) is 3.54. The molecule has 0 unspecified atom stereocenters. The summed E-state index contributed by atoms with van der Waals surface area (Å²) in [5.74, 6) is -3.10. The molecule has 0 aliphatic rings. The van der Waals surface area contributed by atoms with Gasteiger partial charge in [-0.25, -0.2) is 13.2 Å². The van der Waals surface area contributed by atoms with Gasteiger partial charge in [-0.05, 0) is 22.9 Å². The maximum Gasteiger partial charge on any atom is 0.174 e. The van der Waals surface area contributed by atoms with Crippen molar-refractivity contribution in [2.24, 2.45) is 0 Å². The molecule has 1 rings (SSSR count). The molecule has 0 amide bonds. The standard InChI is InChI=1S/C9H6BrF3/c1-3-5-7(11)4(2)6(10)9(13)8(5)12/h3H,1H2,2H3. The molecule has 0 saturated carbocycles. The van der Waals surface area contributed by atoms with Gasteiger partial charge in [-0.15, -0.1) is 0 Å². The van der Waals surface area contributed by atoms with E-state index in [9.17, 15) is 13.2 Å². The summed E-state index contributed by atoms with van der Waals surface area (Å²) in [6, 6.07) is 0. The van der Waals surface area contributed by atoms with E-state index >= 15 is 0 Å². The van der Waals surface area contributed by atoms with Gasteiger partial charge in [-0.3, -0.25) is 0 Å². The zero-order valence-electron chi connectivity index (χ0n) is 6.80. The highest BCUT2D eigenvalue weighted by Crippen LogP contribution is 2.29. The summed E-state index contributed by atoms with van der Waals surface area (Å²) in [5, 5.41) is 0. The molecule has 0 bridgehead atoms. The molecule has 70 valence electrons. The van der Waals surface area contributed by atoms with E-state index < -0.39 is 23.0 Å². The number of benzene rings is 1. The van der Waals surface area contributed by atoms with Gasteiger partial charge >= 0.3 is 0 Å². The first-order valence-electron chi connectivity index (χ1n) is 3.45. The highest BCUT2D eigenvalue weighted by Gasteiger charge is 2.18. The Morgan fingerprint density at radius 1 is 1.15 bits per heavy atom. The fraction of sp³-hybridized carbons (Fsp3) is 0.111. The molecule has 0 atom stereocenters. The Morgan fingerprint density at radius 2 is 1.69 bits per heavy atom. The Kier molecular flexibility index (Phi) is 2.81. The second-order valence-corrected chi connectivity index (χ2v) is 3.29. The smallest absolute Gasteiger partial charge is 0.174 e. The van der Waals surface area contributed by atoms with Crippen molar-refractivity contribution in [2.75, 3.05) is 0 Å². The van der Waals surface area contributed by atoms with Gasteiger partial charge in [-0.2, -0.15) is 0 Å². The van der Waals surface area contributed by atoms with Crippen molar-refractivity contribution in [2.45, 2.75) is 6.92 Å². The quantitative estimate of drug-likeness (QED) is 0.525. The zero-order chi connectivity index (χ0) is 10.2. The third-order valence-corrected chi connectivity index (χ3v) is 2.66. The maximum atomic E-state index is 13.2. The Hall–Kier alpha value is -0.770. The summed E-state index contributed by atoms with van der Waals surface area (Å²) < 4.78 is 39.0. The van der Waals surface area contributed by atoms with Crippen LogP contribution in [0.3, 0.4) is 0 Å². The lowest BCUT2D eigenvalue weighted by Crippen LogP contribution is -1.99. The van der Waals surface area contributed by atoms with Gasteiger partial charge < -0.3 is 0 Å². The van der Waals surface area contributed by atoms with E-state index in [0.29, 0.717) is 0 Å². The highest BCUT2D eigenvalue weighted by molar-refractivity contribution is 9.10. The van der Waals surface area contributed by atoms with Gasteiger partial charge in [0.15, 0.2) is 11.6 Å². The fourth-order valence-electron chi connectivity index (χ4n) is 0.953. The lowest BCUT2D eigenvalue weighted by Gasteiger charge is -2.06. The van der Waals surface area contributed by atoms with Crippen molar-refractivity contribution in [1.82, 2.24) is 0 Å². The average Bonchev–Trinajstić information content (AvgIpc) is 2.13. The molecule has 0 saturated heterocycles. The fourth-order valence-corrected chi connectivity index (χ4v) is 1.30. The molecule has 0 nitrogen and oxygen atoms in total. The minimum Gasteiger partial charge on any atom is -0.206 e. The maximum absolute atomic E-state index is 13.2. The molecule has 13 heavy (non-hydrogen) atoms. The van der Waals surface area contributed by atoms with Crippen molar-refractivity contribution in [3.05, 3.63) is 39.6 Å². The van der Waals surface area contributed by atoms with Gasteiger partial charge in [-0.1, -0.05) is 12.7 Å². The van der Waals surface area contributed by atoms with Crippen molar-refractivity contribution >= 4 is 22.0 Å². The topological polar surface area (TPSA) is 0 Å². The Bertz CT molecular complexity index is 343. The molecule has 1 aromatic rings. The molecule has 0 spiro atoms. The largest absolute Gasteiger partial charge is 0.206 e. The molecule has 0 fully saturated rings. The van der Waals surface area contributed by atoms with E-state index in [1.165, 1.54) is 6.92 Å². The minimum absolute atomic E-state index is 0.0359. The second-order valence-electron chi connectivity index (χ2n) is 2.50. The normalized spacial score (nSPS) is 10.2. The van der Waals surface area contributed by atoms with Crippen LogP contribution in [0.1, 0.15) is 11.1 Å². The zero-order valence-corrected chi connectivity index (χ0v) is 8.38. The summed E-state index contributed by atoms with van der Waals surface area (Å²) >= 11 is 2.75. The van der Waals surface area contributed by atoms with Gasteiger partial charge in [0.05, 0.1) is 4.47 Å². The van der Waals surface area contributed by atoms with E-state index in [1.807, 2.05) is 0 Å². The lowest BCUT2D eigenvalue weighted by atomic mass is 10.1. The van der Waals surface area contributed by atoms with Crippen LogP contribution in [0.15, 0.2) is 11.1 Å². The SMILES string of the molecule is C=Cc1c(F)c(C)c(Br)c(F)c1F. The minimum atomic E-state index is -1.22. The third-order valence-electron chi connectivity index (χ3n) is 1.72. The van der Waals surface area contributed by atoms with E-state index in [4.69, 9.17) is 0 Å². The van der Waals surface area contributed by atoms with Crippen LogP contribution in [0.25, 0.3) is 6.08 Å².